The van der Waals surface area contributed by atoms with E-state index >= 15 is 0 Å². The average molecular weight is 319 g/mol. The van der Waals surface area contributed by atoms with E-state index in [1.807, 2.05) is 55.5 Å². The van der Waals surface area contributed by atoms with Crippen LogP contribution in [0, 0.1) is 0 Å². The number of ether oxygens (including phenoxy) is 2. The largest absolute Gasteiger partial charge is 0.493 e. The molecule has 21 heavy (non-hydrogen) atoms. The van der Waals surface area contributed by atoms with Crippen LogP contribution in [0.25, 0.3) is 9.81 Å². The predicted octanol–water partition coefficient (Wildman–Crippen LogP) is 3.86. The van der Waals surface area contributed by atoms with Crippen LogP contribution in [0.15, 0.2) is 48.5 Å². The van der Waals surface area contributed by atoms with Gasteiger partial charge in [0.2, 0.25) is 0 Å². The van der Waals surface area contributed by atoms with Gasteiger partial charge in [-0.3, -0.25) is 0 Å². The maximum Gasteiger partial charge on any atom is 0.171 e. The standard InChI is InChI=1S/C17H18O2S2/c1-3-19-14-10-9-13(11-15(14)18-2)17(21)16(20)12-7-5-4-6-8-12/h4-11,20-21H,3H2,1-2H3/p+1/b17-16-. The highest BCUT2D eigenvalue weighted by molar-refractivity contribution is 7.92. The lowest BCUT2D eigenvalue weighted by atomic mass is 10.1. The highest BCUT2D eigenvalue weighted by Crippen LogP contribution is 2.34. The Morgan fingerprint density at radius 1 is 1.05 bits per heavy atom. The molecule has 0 aromatic heterocycles. The van der Waals surface area contributed by atoms with Crippen molar-refractivity contribution in [2.24, 2.45) is 0 Å². The normalized spacial score (nSPS) is 11.8. The third-order valence-electron chi connectivity index (χ3n) is 3.04. The molecule has 0 spiro atoms. The van der Waals surface area contributed by atoms with Gasteiger partial charge in [0.25, 0.3) is 0 Å². The molecule has 0 aliphatic heterocycles. The zero-order valence-electron chi connectivity index (χ0n) is 12.1. The van der Waals surface area contributed by atoms with Gasteiger partial charge in [-0.15, -0.1) is 12.6 Å². The molecular weight excluding hydrogens is 300 g/mol. The molecule has 0 N–H and O–H groups in total. The van der Waals surface area contributed by atoms with Crippen LogP contribution in [0.3, 0.4) is 0 Å². The number of benzene rings is 2. The van der Waals surface area contributed by atoms with Crippen LogP contribution < -0.4 is 9.47 Å². The molecule has 2 nitrogen and oxygen atoms in total. The molecule has 0 amide bonds. The second-order valence-electron chi connectivity index (χ2n) is 4.39. The minimum Gasteiger partial charge on any atom is -0.493 e. The van der Waals surface area contributed by atoms with Crippen LogP contribution in [0.2, 0.25) is 0 Å². The maximum atomic E-state index is 5.53. The zero-order chi connectivity index (χ0) is 15.2. The van der Waals surface area contributed by atoms with Gasteiger partial charge >= 0.3 is 0 Å². The van der Waals surface area contributed by atoms with Crippen molar-refractivity contribution in [2.45, 2.75) is 6.92 Å². The molecule has 0 saturated heterocycles. The molecule has 0 aliphatic carbocycles. The van der Waals surface area contributed by atoms with Crippen LogP contribution in [0.4, 0.5) is 0 Å². The molecule has 2 aromatic carbocycles. The predicted molar refractivity (Wildman–Crippen MR) is 96.6 cm³/mol. The first-order valence-electron chi connectivity index (χ1n) is 6.68. The van der Waals surface area contributed by atoms with E-state index in [4.69, 9.17) is 9.47 Å². The van der Waals surface area contributed by atoms with Crippen molar-refractivity contribution >= 4 is 35.1 Å². The first kappa shape index (κ1) is 15.9. The Morgan fingerprint density at radius 2 is 1.76 bits per heavy atom. The monoisotopic (exact) mass is 319 g/mol. The SMILES string of the molecule is CCOc1ccc(/C(S)=C(/[SH2+])c2ccccc2)cc1OC. The first-order valence-corrected chi connectivity index (χ1v) is 7.63. The topological polar surface area (TPSA) is 18.5 Å². The average Bonchev–Trinajstić information content (AvgIpc) is 2.55. The third kappa shape index (κ3) is 3.77. The molecular formula is C17H19O2S2+. The van der Waals surface area contributed by atoms with Gasteiger partial charge in [-0.05, 0) is 55.4 Å². The Labute approximate surface area is 136 Å². The molecule has 0 atom stereocenters. The van der Waals surface area contributed by atoms with E-state index in [0.29, 0.717) is 12.4 Å². The van der Waals surface area contributed by atoms with E-state index in [-0.39, 0.29) is 0 Å². The molecule has 2 aromatic rings. The second kappa shape index (κ2) is 7.48. The Bertz CT molecular complexity index is 636. The summed E-state index contributed by atoms with van der Waals surface area (Å²) in [6.07, 6.45) is 0. The fourth-order valence-electron chi connectivity index (χ4n) is 1.98. The molecule has 0 aliphatic rings. The number of rotatable bonds is 5. The van der Waals surface area contributed by atoms with Crippen LogP contribution >= 0.6 is 12.6 Å². The van der Waals surface area contributed by atoms with Crippen LogP contribution in [0.5, 0.6) is 11.5 Å². The van der Waals surface area contributed by atoms with Crippen molar-refractivity contribution in [1.29, 1.82) is 0 Å². The summed E-state index contributed by atoms with van der Waals surface area (Å²) in [5, 5.41) is 0. The van der Waals surface area contributed by atoms with Crippen molar-refractivity contribution in [3.8, 4) is 11.5 Å². The fraction of sp³-hybridized carbons (Fsp3) is 0.176. The van der Waals surface area contributed by atoms with Crippen molar-refractivity contribution in [1.82, 2.24) is 0 Å². The molecule has 2 rings (SSSR count). The molecule has 0 bridgehead atoms. The van der Waals surface area contributed by atoms with Gasteiger partial charge in [0.05, 0.1) is 18.6 Å². The van der Waals surface area contributed by atoms with E-state index in [9.17, 15) is 0 Å². The van der Waals surface area contributed by atoms with E-state index in [2.05, 4.69) is 25.3 Å². The Morgan fingerprint density at radius 3 is 2.38 bits per heavy atom. The summed E-state index contributed by atoms with van der Waals surface area (Å²) in [6.45, 7) is 2.55. The molecule has 0 radical (unpaired) electrons. The summed E-state index contributed by atoms with van der Waals surface area (Å²) in [5.74, 6) is 1.44. The number of methoxy groups -OCH3 is 1. The molecule has 0 saturated carbocycles. The quantitative estimate of drug-likeness (QED) is 0.512. The molecule has 0 fully saturated rings. The van der Waals surface area contributed by atoms with Gasteiger partial charge < -0.3 is 9.47 Å². The van der Waals surface area contributed by atoms with Crippen LogP contribution in [-0.2, 0) is 12.6 Å². The maximum absolute atomic E-state index is 5.53. The number of hydrogen-bond acceptors (Lipinski definition) is 3. The van der Waals surface area contributed by atoms with Crippen molar-refractivity contribution in [2.75, 3.05) is 13.7 Å². The minimum absolute atomic E-state index is 0.604. The van der Waals surface area contributed by atoms with E-state index < -0.39 is 0 Å². The molecule has 0 heterocycles. The molecule has 0 unspecified atom stereocenters. The van der Waals surface area contributed by atoms with Crippen molar-refractivity contribution < 1.29 is 9.47 Å². The van der Waals surface area contributed by atoms with Crippen LogP contribution in [-0.4, -0.2) is 13.7 Å². The number of hydrogen-bond donors (Lipinski definition) is 1. The summed E-state index contributed by atoms with van der Waals surface area (Å²) in [7, 11) is 1.63. The van der Waals surface area contributed by atoms with Gasteiger partial charge in [-0.2, -0.15) is 0 Å². The highest BCUT2D eigenvalue weighted by Gasteiger charge is 2.13. The smallest absolute Gasteiger partial charge is 0.171 e. The van der Waals surface area contributed by atoms with Gasteiger partial charge in [0.1, 0.15) is 0 Å². The summed E-state index contributed by atoms with van der Waals surface area (Å²) in [5.41, 5.74) is 2.04. The lowest BCUT2D eigenvalue weighted by molar-refractivity contribution is 0.311. The lowest BCUT2D eigenvalue weighted by Crippen LogP contribution is -1.96. The van der Waals surface area contributed by atoms with Crippen molar-refractivity contribution in [3.05, 3.63) is 59.7 Å². The first-order chi connectivity index (χ1) is 10.2. The van der Waals surface area contributed by atoms with E-state index in [1.54, 1.807) is 7.11 Å². The van der Waals surface area contributed by atoms with E-state index in [0.717, 1.165) is 26.7 Å². The van der Waals surface area contributed by atoms with Gasteiger partial charge in [-0.25, -0.2) is 0 Å². The minimum atomic E-state index is 0.604. The van der Waals surface area contributed by atoms with Crippen LogP contribution in [0.1, 0.15) is 18.1 Å². The summed E-state index contributed by atoms with van der Waals surface area (Å²) < 4.78 is 10.9. The summed E-state index contributed by atoms with van der Waals surface area (Å²) in [6, 6.07) is 15.8. The Hall–Kier alpha value is -1.52. The lowest BCUT2D eigenvalue weighted by Gasteiger charge is -2.11. The molecule has 110 valence electrons. The summed E-state index contributed by atoms with van der Waals surface area (Å²) in [4.78, 5) is 1.78. The Kier molecular flexibility index (Phi) is 5.65. The number of thiol groups is 1. The third-order valence-corrected chi connectivity index (χ3v) is 4.27. The Balaban J connectivity index is 2.41. The second-order valence-corrected chi connectivity index (χ2v) is 5.34. The summed E-state index contributed by atoms with van der Waals surface area (Å²) >= 11 is 8.31. The fourth-order valence-corrected chi connectivity index (χ4v) is 2.55. The van der Waals surface area contributed by atoms with Gasteiger partial charge in [-0.1, -0.05) is 18.2 Å². The highest BCUT2D eigenvalue weighted by atomic mass is 32.1. The zero-order valence-corrected chi connectivity index (χ0v) is 14.0. The van der Waals surface area contributed by atoms with Crippen molar-refractivity contribution in [3.63, 3.8) is 0 Å². The molecule has 4 heteroatoms. The van der Waals surface area contributed by atoms with Gasteiger partial charge in [0.15, 0.2) is 16.4 Å². The van der Waals surface area contributed by atoms with Gasteiger partial charge in [0, 0.05) is 5.56 Å². The van der Waals surface area contributed by atoms with E-state index in [1.165, 1.54) is 0 Å².